The first kappa shape index (κ1) is 16.2. The maximum Gasteiger partial charge on any atom is 0.394 e. The molecule has 1 aliphatic heterocycles. The Balaban J connectivity index is 1.94. The van der Waals surface area contributed by atoms with Crippen molar-refractivity contribution in [1.82, 2.24) is 9.88 Å². The maximum atomic E-state index is 13.1. The molecule has 5 nitrogen and oxygen atoms in total. The highest BCUT2D eigenvalue weighted by molar-refractivity contribution is 6.05. The van der Waals surface area contributed by atoms with E-state index in [-0.39, 0.29) is 12.2 Å². The largest absolute Gasteiger partial charge is 0.394 e. The summed E-state index contributed by atoms with van der Waals surface area (Å²) in [7, 11) is 0. The van der Waals surface area contributed by atoms with Crippen LogP contribution in [-0.4, -0.2) is 41.0 Å². The van der Waals surface area contributed by atoms with E-state index in [4.69, 9.17) is 5.73 Å². The van der Waals surface area contributed by atoms with Gasteiger partial charge in [-0.25, -0.2) is 0 Å². The average molecular weight is 337 g/mol. The molecule has 1 fully saturated rings. The summed E-state index contributed by atoms with van der Waals surface area (Å²) in [6, 6.07) is 8.67. The van der Waals surface area contributed by atoms with Gasteiger partial charge in [-0.05, 0) is 11.5 Å². The standard InChI is InChI=1S/C16H14F3N3O2/c17-16(18,19)12-8-22(7-11(12)14(20)23)15(24)13-10-4-2-1-3-9(10)5-6-21-13/h1-6,11-12H,7-8H2,(H2,20,23)/t11-,12-/m1/s1. The first-order valence-electron chi connectivity index (χ1n) is 7.28. The highest BCUT2D eigenvalue weighted by Gasteiger charge is 2.53. The molecule has 24 heavy (non-hydrogen) atoms. The number of carbonyl (C=O) groups is 2. The van der Waals surface area contributed by atoms with Gasteiger partial charge in [0.05, 0.1) is 11.8 Å². The molecule has 2 N–H and O–H groups in total. The molecule has 0 spiro atoms. The zero-order chi connectivity index (χ0) is 17.5. The van der Waals surface area contributed by atoms with E-state index >= 15 is 0 Å². The van der Waals surface area contributed by atoms with Crippen molar-refractivity contribution in [3.8, 4) is 0 Å². The van der Waals surface area contributed by atoms with E-state index in [9.17, 15) is 22.8 Å². The number of nitrogens with two attached hydrogens (primary N) is 1. The van der Waals surface area contributed by atoms with Crippen LogP contribution in [0.25, 0.3) is 10.8 Å². The molecule has 0 bridgehead atoms. The molecule has 0 radical (unpaired) electrons. The van der Waals surface area contributed by atoms with Crippen LogP contribution in [0.15, 0.2) is 36.5 Å². The number of rotatable bonds is 2. The third-order valence-electron chi connectivity index (χ3n) is 4.27. The highest BCUT2D eigenvalue weighted by Crippen LogP contribution is 2.38. The summed E-state index contributed by atoms with van der Waals surface area (Å²) in [5.74, 6) is -5.08. The smallest absolute Gasteiger partial charge is 0.369 e. The lowest BCUT2D eigenvalue weighted by Crippen LogP contribution is -2.37. The normalized spacial score (nSPS) is 21.2. The molecule has 1 saturated heterocycles. The van der Waals surface area contributed by atoms with Crippen molar-refractivity contribution in [2.75, 3.05) is 13.1 Å². The molecule has 8 heteroatoms. The number of pyridine rings is 1. The molecule has 126 valence electrons. The van der Waals surface area contributed by atoms with E-state index in [0.717, 1.165) is 10.3 Å². The van der Waals surface area contributed by atoms with Crippen LogP contribution in [0.5, 0.6) is 0 Å². The molecule has 0 unspecified atom stereocenters. The van der Waals surface area contributed by atoms with Crippen LogP contribution in [-0.2, 0) is 4.79 Å². The quantitative estimate of drug-likeness (QED) is 0.910. The summed E-state index contributed by atoms with van der Waals surface area (Å²) in [4.78, 5) is 29.0. The van der Waals surface area contributed by atoms with Crippen molar-refractivity contribution in [2.24, 2.45) is 17.6 Å². The molecule has 0 aliphatic carbocycles. The molecule has 1 aliphatic rings. The third kappa shape index (κ3) is 2.79. The minimum atomic E-state index is -4.60. The molecule has 3 rings (SSSR count). The summed E-state index contributed by atoms with van der Waals surface area (Å²) in [5, 5.41) is 1.31. The summed E-state index contributed by atoms with van der Waals surface area (Å²) >= 11 is 0. The van der Waals surface area contributed by atoms with Gasteiger partial charge in [0.25, 0.3) is 5.91 Å². The Bertz CT molecular complexity index is 801. The van der Waals surface area contributed by atoms with Crippen molar-refractivity contribution in [1.29, 1.82) is 0 Å². The van der Waals surface area contributed by atoms with Crippen LogP contribution in [0.3, 0.4) is 0 Å². The first-order valence-corrected chi connectivity index (χ1v) is 7.28. The average Bonchev–Trinajstić information content (AvgIpc) is 2.99. The van der Waals surface area contributed by atoms with E-state index in [2.05, 4.69) is 4.98 Å². The van der Waals surface area contributed by atoms with Gasteiger partial charge in [-0.1, -0.05) is 24.3 Å². The topological polar surface area (TPSA) is 76.3 Å². The van der Waals surface area contributed by atoms with Crippen molar-refractivity contribution < 1.29 is 22.8 Å². The second kappa shape index (κ2) is 5.77. The predicted molar refractivity (Wildman–Crippen MR) is 79.9 cm³/mol. The van der Waals surface area contributed by atoms with Gasteiger partial charge in [0, 0.05) is 24.7 Å². The number of amides is 2. The number of aromatic nitrogens is 1. The molecule has 2 aromatic rings. The van der Waals surface area contributed by atoms with Gasteiger partial charge in [-0.2, -0.15) is 13.2 Å². The number of carbonyl (C=O) groups excluding carboxylic acids is 2. The van der Waals surface area contributed by atoms with Crippen molar-refractivity contribution in [2.45, 2.75) is 6.18 Å². The van der Waals surface area contributed by atoms with Crippen LogP contribution in [0.4, 0.5) is 13.2 Å². The zero-order valence-corrected chi connectivity index (χ0v) is 12.5. The second-order valence-electron chi connectivity index (χ2n) is 5.75. The van der Waals surface area contributed by atoms with E-state index in [1.165, 1.54) is 6.20 Å². The summed E-state index contributed by atoms with van der Waals surface area (Å²) in [5.41, 5.74) is 5.15. The number of fused-ring (bicyclic) bond motifs is 1. The number of alkyl halides is 3. The fraction of sp³-hybridized carbons (Fsp3) is 0.312. The highest BCUT2D eigenvalue weighted by atomic mass is 19.4. The van der Waals surface area contributed by atoms with Crippen LogP contribution >= 0.6 is 0 Å². The Morgan fingerprint density at radius 1 is 1.17 bits per heavy atom. The number of benzene rings is 1. The fourth-order valence-electron chi connectivity index (χ4n) is 3.03. The van der Waals surface area contributed by atoms with Gasteiger partial charge >= 0.3 is 6.18 Å². The predicted octanol–water partition coefficient (Wildman–Crippen LogP) is 1.97. The summed E-state index contributed by atoms with van der Waals surface area (Å²) in [6.07, 6.45) is -3.17. The Morgan fingerprint density at radius 3 is 2.50 bits per heavy atom. The number of primary amides is 1. The van der Waals surface area contributed by atoms with Gasteiger partial charge in [0.1, 0.15) is 5.69 Å². The molecule has 1 aromatic heterocycles. The lowest BCUT2D eigenvalue weighted by molar-refractivity contribution is -0.182. The van der Waals surface area contributed by atoms with Crippen LogP contribution in [0.1, 0.15) is 10.5 Å². The minimum Gasteiger partial charge on any atom is -0.369 e. The van der Waals surface area contributed by atoms with Crippen LogP contribution < -0.4 is 5.73 Å². The van der Waals surface area contributed by atoms with E-state index in [0.29, 0.717) is 5.39 Å². The monoisotopic (exact) mass is 337 g/mol. The summed E-state index contributed by atoms with van der Waals surface area (Å²) < 4.78 is 39.3. The summed E-state index contributed by atoms with van der Waals surface area (Å²) in [6.45, 7) is -0.954. The third-order valence-corrected chi connectivity index (χ3v) is 4.27. The van der Waals surface area contributed by atoms with Crippen molar-refractivity contribution >= 4 is 22.6 Å². The van der Waals surface area contributed by atoms with E-state index < -0.39 is 36.4 Å². The number of halogens is 3. The number of hydrogen-bond acceptors (Lipinski definition) is 3. The van der Waals surface area contributed by atoms with E-state index in [1.807, 2.05) is 0 Å². The van der Waals surface area contributed by atoms with E-state index in [1.54, 1.807) is 30.3 Å². The molecule has 2 amide bonds. The number of likely N-dealkylation sites (tertiary alicyclic amines) is 1. The molecular formula is C16H14F3N3O2. The fourth-order valence-corrected chi connectivity index (χ4v) is 3.03. The van der Waals surface area contributed by atoms with Gasteiger partial charge in [-0.15, -0.1) is 0 Å². The van der Waals surface area contributed by atoms with Crippen molar-refractivity contribution in [3.63, 3.8) is 0 Å². The maximum absolute atomic E-state index is 13.1. The van der Waals surface area contributed by atoms with Gasteiger partial charge in [0.15, 0.2) is 0 Å². The van der Waals surface area contributed by atoms with Gasteiger partial charge in [-0.3, -0.25) is 14.6 Å². The van der Waals surface area contributed by atoms with Gasteiger partial charge in [0.2, 0.25) is 5.91 Å². The van der Waals surface area contributed by atoms with Gasteiger partial charge < -0.3 is 10.6 Å². The Morgan fingerprint density at radius 2 is 1.88 bits per heavy atom. The Hall–Kier alpha value is -2.64. The molecule has 0 saturated carbocycles. The SMILES string of the molecule is NC(=O)[C@@H]1CN(C(=O)c2nccc3ccccc23)C[C@H]1C(F)(F)F. The molecule has 1 aromatic carbocycles. The Labute approximate surface area is 135 Å². The number of nitrogens with zero attached hydrogens (tertiary/aromatic N) is 2. The number of hydrogen-bond donors (Lipinski definition) is 1. The molecule has 2 heterocycles. The van der Waals surface area contributed by atoms with Crippen LogP contribution in [0, 0.1) is 11.8 Å². The second-order valence-corrected chi connectivity index (χ2v) is 5.75. The van der Waals surface area contributed by atoms with Crippen molar-refractivity contribution in [3.05, 3.63) is 42.2 Å². The lowest BCUT2D eigenvalue weighted by Gasteiger charge is -2.18. The first-order chi connectivity index (χ1) is 11.3. The van der Waals surface area contributed by atoms with Crippen LogP contribution in [0.2, 0.25) is 0 Å². The lowest BCUT2D eigenvalue weighted by atomic mass is 9.95. The Kier molecular flexibility index (Phi) is 3.90. The zero-order valence-electron chi connectivity index (χ0n) is 12.5. The molecular weight excluding hydrogens is 323 g/mol. The minimum absolute atomic E-state index is 0.0687. The molecule has 2 atom stereocenters.